The van der Waals surface area contributed by atoms with Crippen LogP contribution in [-0.2, 0) is 0 Å². The highest BCUT2D eigenvalue weighted by Gasteiger charge is 2.11. The molecule has 0 radical (unpaired) electrons. The molecule has 4 N–H and O–H groups in total. The summed E-state index contributed by atoms with van der Waals surface area (Å²) >= 11 is 0. The van der Waals surface area contributed by atoms with E-state index in [4.69, 9.17) is 11.1 Å². The maximum absolute atomic E-state index is 13.3. The van der Waals surface area contributed by atoms with Crippen LogP contribution in [0.4, 0.5) is 10.1 Å². The molecule has 3 nitrogen and oxygen atoms in total. The fourth-order valence-electron chi connectivity index (χ4n) is 1.57. The summed E-state index contributed by atoms with van der Waals surface area (Å²) in [6.07, 6.45) is 0. The lowest BCUT2D eigenvalue weighted by Gasteiger charge is -2.08. The zero-order valence-corrected chi connectivity index (χ0v) is 8.94. The molecular weight excluding hydrogens is 219 g/mol. The topological polar surface area (TPSA) is 70.1 Å². The van der Waals surface area contributed by atoms with Crippen LogP contribution in [0.1, 0.15) is 11.1 Å². The maximum atomic E-state index is 13.3. The van der Waals surface area contributed by atoms with Crippen molar-refractivity contribution in [2.24, 2.45) is 0 Å². The molecule has 0 bridgehead atoms. The Balaban J connectivity index is 2.48. The van der Waals surface area contributed by atoms with Crippen molar-refractivity contribution < 1.29 is 9.50 Å². The molecule has 4 heteroatoms. The Labute approximate surface area is 97.8 Å². The number of phenols is 1. The Hall–Kier alpha value is -2.36. The van der Waals surface area contributed by atoms with Gasteiger partial charge in [0.1, 0.15) is 11.6 Å². The minimum Gasteiger partial charge on any atom is -0.508 e. The van der Waals surface area contributed by atoms with Crippen LogP contribution in [0.25, 0.3) is 0 Å². The minimum atomic E-state index is -0.549. The van der Waals surface area contributed by atoms with Gasteiger partial charge in [0.25, 0.3) is 0 Å². The van der Waals surface area contributed by atoms with E-state index in [0.29, 0.717) is 11.1 Å². The van der Waals surface area contributed by atoms with Crippen molar-refractivity contribution >= 4 is 11.4 Å². The molecule has 2 aromatic carbocycles. The fourth-order valence-corrected chi connectivity index (χ4v) is 1.57. The van der Waals surface area contributed by atoms with Crippen molar-refractivity contribution in [2.75, 3.05) is 5.73 Å². The number of anilines is 1. The molecule has 0 heterocycles. The van der Waals surface area contributed by atoms with Crippen LogP contribution in [-0.4, -0.2) is 10.8 Å². The molecule has 2 aromatic rings. The van der Waals surface area contributed by atoms with Gasteiger partial charge in [-0.15, -0.1) is 0 Å². The van der Waals surface area contributed by atoms with Gasteiger partial charge in [-0.2, -0.15) is 0 Å². The van der Waals surface area contributed by atoms with Crippen LogP contribution < -0.4 is 5.73 Å². The monoisotopic (exact) mass is 230 g/mol. The summed E-state index contributed by atoms with van der Waals surface area (Å²) in [5, 5.41) is 17.3. The average molecular weight is 230 g/mol. The number of phenolic OH excluding ortho intramolecular Hbond substituents is 1. The Bertz CT molecular complexity index is 581. The summed E-state index contributed by atoms with van der Waals surface area (Å²) in [5.41, 5.74) is 6.41. The van der Waals surface area contributed by atoms with Gasteiger partial charge in [0.2, 0.25) is 0 Å². The zero-order chi connectivity index (χ0) is 12.4. The Morgan fingerprint density at radius 2 is 1.88 bits per heavy atom. The molecule has 0 aliphatic carbocycles. The highest BCUT2D eigenvalue weighted by Crippen LogP contribution is 2.21. The van der Waals surface area contributed by atoms with E-state index in [-0.39, 0.29) is 17.1 Å². The highest BCUT2D eigenvalue weighted by molar-refractivity contribution is 6.13. The van der Waals surface area contributed by atoms with Crippen LogP contribution in [0.3, 0.4) is 0 Å². The number of halogens is 1. The molecule has 17 heavy (non-hydrogen) atoms. The van der Waals surface area contributed by atoms with Gasteiger partial charge in [0.05, 0.1) is 11.4 Å². The van der Waals surface area contributed by atoms with Gasteiger partial charge >= 0.3 is 0 Å². The van der Waals surface area contributed by atoms with E-state index in [1.807, 2.05) is 0 Å². The number of aromatic hydroxyl groups is 1. The normalized spacial score (nSPS) is 10.2. The van der Waals surface area contributed by atoms with E-state index in [9.17, 15) is 9.50 Å². The van der Waals surface area contributed by atoms with Crippen LogP contribution in [0.2, 0.25) is 0 Å². The van der Waals surface area contributed by atoms with E-state index in [1.165, 1.54) is 24.3 Å². The standard InChI is InChI=1S/C13H11FN2O/c14-11-6-2-5-10(13(11)16)12(15)8-3-1-4-9(17)7-8/h1-7,15,17H,16H2. The number of nitrogen functional groups attached to an aromatic ring is 1. The molecule has 0 aliphatic rings. The first-order chi connectivity index (χ1) is 8.09. The van der Waals surface area contributed by atoms with E-state index >= 15 is 0 Å². The smallest absolute Gasteiger partial charge is 0.146 e. The molecule has 0 aliphatic heterocycles. The van der Waals surface area contributed by atoms with Crippen molar-refractivity contribution in [3.05, 3.63) is 59.4 Å². The molecule has 0 fully saturated rings. The number of nitrogens with two attached hydrogens (primary N) is 1. The first-order valence-corrected chi connectivity index (χ1v) is 5.02. The summed E-state index contributed by atoms with van der Waals surface area (Å²) in [4.78, 5) is 0. The summed E-state index contributed by atoms with van der Waals surface area (Å²) < 4.78 is 13.3. The predicted octanol–water partition coefficient (Wildman–Crippen LogP) is 2.53. The average Bonchev–Trinajstić information content (AvgIpc) is 2.32. The van der Waals surface area contributed by atoms with Crippen molar-refractivity contribution in [1.29, 1.82) is 5.41 Å². The van der Waals surface area contributed by atoms with E-state index < -0.39 is 5.82 Å². The van der Waals surface area contributed by atoms with Gasteiger partial charge in [-0.3, -0.25) is 5.41 Å². The molecular formula is C13H11FN2O. The lowest BCUT2D eigenvalue weighted by Crippen LogP contribution is -2.06. The lowest BCUT2D eigenvalue weighted by atomic mass is 10.0. The zero-order valence-electron chi connectivity index (χ0n) is 8.94. The Morgan fingerprint density at radius 1 is 1.18 bits per heavy atom. The first kappa shape index (κ1) is 11.1. The summed E-state index contributed by atoms with van der Waals surface area (Å²) in [7, 11) is 0. The second kappa shape index (κ2) is 4.25. The molecule has 2 rings (SSSR count). The second-order valence-corrected chi connectivity index (χ2v) is 3.63. The van der Waals surface area contributed by atoms with Crippen LogP contribution in [0, 0.1) is 11.2 Å². The number of para-hydroxylation sites is 1. The van der Waals surface area contributed by atoms with Gasteiger partial charge in [-0.05, 0) is 18.2 Å². The van der Waals surface area contributed by atoms with E-state index in [0.717, 1.165) is 0 Å². The lowest BCUT2D eigenvalue weighted by molar-refractivity contribution is 0.475. The van der Waals surface area contributed by atoms with Crippen molar-refractivity contribution in [1.82, 2.24) is 0 Å². The molecule has 0 amide bonds. The summed E-state index contributed by atoms with van der Waals surface area (Å²) in [5.74, 6) is -0.491. The molecule has 0 unspecified atom stereocenters. The number of hydrogen-bond acceptors (Lipinski definition) is 3. The number of nitrogens with one attached hydrogen (secondary N) is 1. The molecule has 0 spiro atoms. The van der Waals surface area contributed by atoms with Crippen LogP contribution in [0.15, 0.2) is 42.5 Å². The molecule has 86 valence electrons. The number of rotatable bonds is 2. The first-order valence-electron chi connectivity index (χ1n) is 5.02. The Kier molecular flexibility index (Phi) is 2.78. The molecule has 0 aromatic heterocycles. The van der Waals surface area contributed by atoms with Gasteiger partial charge < -0.3 is 10.8 Å². The van der Waals surface area contributed by atoms with E-state index in [2.05, 4.69) is 0 Å². The molecule has 0 atom stereocenters. The maximum Gasteiger partial charge on any atom is 0.146 e. The predicted molar refractivity (Wildman–Crippen MR) is 64.8 cm³/mol. The van der Waals surface area contributed by atoms with Crippen molar-refractivity contribution in [3.63, 3.8) is 0 Å². The van der Waals surface area contributed by atoms with Crippen LogP contribution in [0.5, 0.6) is 5.75 Å². The quantitative estimate of drug-likeness (QED) is 0.548. The van der Waals surface area contributed by atoms with Gasteiger partial charge in [-0.25, -0.2) is 4.39 Å². The van der Waals surface area contributed by atoms with Crippen molar-refractivity contribution in [2.45, 2.75) is 0 Å². The van der Waals surface area contributed by atoms with Crippen LogP contribution >= 0.6 is 0 Å². The Morgan fingerprint density at radius 3 is 2.59 bits per heavy atom. The van der Waals surface area contributed by atoms with Gasteiger partial charge in [0, 0.05) is 11.1 Å². The number of hydrogen-bond donors (Lipinski definition) is 3. The van der Waals surface area contributed by atoms with E-state index in [1.54, 1.807) is 18.2 Å². The van der Waals surface area contributed by atoms with Crippen molar-refractivity contribution in [3.8, 4) is 5.75 Å². The van der Waals surface area contributed by atoms with Gasteiger partial charge in [-0.1, -0.05) is 24.3 Å². The second-order valence-electron chi connectivity index (χ2n) is 3.63. The molecule has 0 saturated heterocycles. The largest absolute Gasteiger partial charge is 0.508 e. The fraction of sp³-hybridized carbons (Fsp3) is 0. The highest BCUT2D eigenvalue weighted by atomic mass is 19.1. The molecule has 0 saturated carbocycles. The minimum absolute atomic E-state index is 0.0548. The summed E-state index contributed by atoms with van der Waals surface area (Å²) in [6, 6.07) is 10.5. The number of benzene rings is 2. The summed E-state index contributed by atoms with van der Waals surface area (Å²) in [6.45, 7) is 0. The SMILES string of the molecule is N=C(c1cccc(O)c1)c1cccc(F)c1N. The van der Waals surface area contributed by atoms with Gasteiger partial charge in [0.15, 0.2) is 0 Å². The third-order valence-electron chi connectivity index (χ3n) is 2.46. The third-order valence-corrected chi connectivity index (χ3v) is 2.46. The third kappa shape index (κ3) is 2.10.